The number of nitrogens with one attached hydrogen (secondary N) is 1. The quantitative estimate of drug-likeness (QED) is 0.719. The van der Waals surface area contributed by atoms with Gasteiger partial charge in [-0.3, -0.25) is 10.1 Å². The van der Waals surface area contributed by atoms with Crippen molar-refractivity contribution >= 4 is 34.8 Å². The minimum atomic E-state index is -0.387. The molecule has 0 bridgehead atoms. The van der Waals surface area contributed by atoms with Crippen molar-refractivity contribution in [1.29, 1.82) is 0 Å². The monoisotopic (exact) mass is 228 g/mol. The second-order valence-electron chi connectivity index (χ2n) is 2.80. The molecule has 3 N–H and O–H groups in total. The van der Waals surface area contributed by atoms with Gasteiger partial charge in [-0.15, -0.1) is 0 Å². The first-order valence-corrected chi connectivity index (χ1v) is 4.66. The minimum Gasteiger partial charge on any atom is -0.376 e. The second-order valence-corrected chi connectivity index (χ2v) is 3.65. The highest BCUT2D eigenvalue weighted by molar-refractivity contribution is 7.80. The Morgan fingerprint density at radius 3 is 2.71 bits per heavy atom. The number of carbonyl (C=O) groups excluding carboxylic acids is 1. The number of amides is 1. The fraction of sp³-hybridized carbons (Fsp3) is 0.111. The number of hydrogen-bond donors (Lipinski definition) is 2. The molecule has 0 fully saturated rings. The van der Waals surface area contributed by atoms with E-state index in [1.165, 1.54) is 0 Å². The molecule has 0 saturated heterocycles. The average molecular weight is 229 g/mol. The summed E-state index contributed by atoms with van der Waals surface area (Å²) in [6.07, 6.45) is 0. The van der Waals surface area contributed by atoms with Crippen molar-refractivity contribution in [2.75, 3.05) is 0 Å². The van der Waals surface area contributed by atoms with Crippen LogP contribution in [0.3, 0.4) is 0 Å². The molecule has 0 atom stereocenters. The summed E-state index contributed by atoms with van der Waals surface area (Å²) in [5.41, 5.74) is 6.52. The number of nitrogens with two attached hydrogens (primary N) is 1. The summed E-state index contributed by atoms with van der Waals surface area (Å²) in [6, 6.07) is 5.13. The minimum absolute atomic E-state index is 0.0633. The largest absolute Gasteiger partial charge is 0.376 e. The van der Waals surface area contributed by atoms with E-state index in [-0.39, 0.29) is 11.0 Å². The van der Waals surface area contributed by atoms with E-state index in [9.17, 15) is 4.79 Å². The van der Waals surface area contributed by atoms with Crippen molar-refractivity contribution in [2.45, 2.75) is 6.92 Å². The molecule has 0 spiro atoms. The third kappa shape index (κ3) is 2.68. The number of rotatable bonds is 1. The van der Waals surface area contributed by atoms with Crippen LogP contribution in [0.1, 0.15) is 15.9 Å². The van der Waals surface area contributed by atoms with E-state index in [0.29, 0.717) is 10.6 Å². The first-order chi connectivity index (χ1) is 6.50. The van der Waals surface area contributed by atoms with Crippen LogP contribution in [0.4, 0.5) is 0 Å². The van der Waals surface area contributed by atoms with E-state index in [1.54, 1.807) is 18.2 Å². The van der Waals surface area contributed by atoms with E-state index in [2.05, 4.69) is 17.5 Å². The lowest BCUT2D eigenvalue weighted by Gasteiger charge is -2.05. The SMILES string of the molecule is Cc1ccc(C(=O)NC(N)=S)c(Cl)c1. The van der Waals surface area contributed by atoms with Gasteiger partial charge in [0.15, 0.2) is 5.11 Å². The third-order valence-corrected chi connectivity index (χ3v) is 2.02. The highest BCUT2D eigenvalue weighted by Gasteiger charge is 2.10. The highest BCUT2D eigenvalue weighted by atomic mass is 35.5. The fourth-order valence-corrected chi connectivity index (χ4v) is 1.40. The summed E-state index contributed by atoms with van der Waals surface area (Å²) in [4.78, 5) is 11.4. The van der Waals surface area contributed by atoms with Crippen LogP contribution in [0.2, 0.25) is 5.02 Å². The Kier molecular flexibility index (Phi) is 3.43. The summed E-state index contributed by atoms with van der Waals surface area (Å²) in [6.45, 7) is 1.89. The molecule has 0 aliphatic heterocycles. The van der Waals surface area contributed by atoms with Gasteiger partial charge in [0.1, 0.15) is 0 Å². The number of halogens is 1. The number of hydrogen-bond acceptors (Lipinski definition) is 2. The molecule has 1 aromatic carbocycles. The normalized spacial score (nSPS) is 9.57. The molecular formula is C9H9ClN2OS. The molecular weight excluding hydrogens is 220 g/mol. The number of benzene rings is 1. The van der Waals surface area contributed by atoms with Crippen LogP contribution in [0.25, 0.3) is 0 Å². The zero-order valence-electron chi connectivity index (χ0n) is 7.50. The van der Waals surface area contributed by atoms with Gasteiger partial charge in [-0.2, -0.15) is 0 Å². The zero-order chi connectivity index (χ0) is 10.7. The molecule has 5 heteroatoms. The van der Waals surface area contributed by atoms with Crippen molar-refractivity contribution in [3.8, 4) is 0 Å². The Balaban J connectivity index is 2.96. The Hall–Kier alpha value is -1.13. The summed E-state index contributed by atoms with van der Waals surface area (Å²) in [5, 5.41) is 2.63. The molecule has 14 heavy (non-hydrogen) atoms. The van der Waals surface area contributed by atoms with Gasteiger partial charge in [-0.05, 0) is 36.8 Å². The van der Waals surface area contributed by atoms with Gasteiger partial charge < -0.3 is 5.73 Å². The van der Waals surface area contributed by atoms with Gasteiger partial charge in [0.25, 0.3) is 5.91 Å². The smallest absolute Gasteiger partial charge is 0.258 e. The summed E-state index contributed by atoms with van der Waals surface area (Å²) >= 11 is 10.4. The van der Waals surface area contributed by atoms with Crippen LogP contribution in [-0.4, -0.2) is 11.0 Å². The lowest BCUT2D eigenvalue weighted by molar-refractivity contribution is 0.0977. The molecule has 0 aromatic heterocycles. The summed E-state index contributed by atoms with van der Waals surface area (Å²) in [5.74, 6) is -0.387. The molecule has 1 amide bonds. The van der Waals surface area contributed by atoms with Crippen molar-refractivity contribution in [1.82, 2.24) is 5.32 Å². The van der Waals surface area contributed by atoms with Gasteiger partial charge >= 0.3 is 0 Å². The molecule has 0 heterocycles. The van der Waals surface area contributed by atoms with Gasteiger partial charge in [-0.25, -0.2) is 0 Å². The maximum absolute atomic E-state index is 11.4. The Morgan fingerprint density at radius 2 is 2.21 bits per heavy atom. The predicted octanol–water partition coefficient (Wildman–Crippen LogP) is 1.62. The topological polar surface area (TPSA) is 55.1 Å². The fourth-order valence-electron chi connectivity index (χ4n) is 0.984. The number of carbonyl (C=O) groups is 1. The van der Waals surface area contributed by atoms with Crippen LogP contribution in [0, 0.1) is 6.92 Å². The number of aryl methyl sites for hydroxylation is 1. The Labute approximate surface area is 92.2 Å². The van der Waals surface area contributed by atoms with Crippen molar-refractivity contribution in [2.24, 2.45) is 5.73 Å². The molecule has 0 saturated carbocycles. The van der Waals surface area contributed by atoms with E-state index in [4.69, 9.17) is 17.3 Å². The summed E-state index contributed by atoms with van der Waals surface area (Å²) in [7, 11) is 0. The first-order valence-electron chi connectivity index (χ1n) is 3.87. The maximum atomic E-state index is 11.4. The average Bonchev–Trinajstić information content (AvgIpc) is 2.01. The van der Waals surface area contributed by atoms with Crippen molar-refractivity contribution < 1.29 is 4.79 Å². The van der Waals surface area contributed by atoms with E-state index in [0.717, 1.165) is 5.56 Å². The van der Waals surface area contributed by atoms with Gasteiger partial charge in [0, 0.05) is 0 Å². The summed E-state index contributed by atoms with van der Waals surface area (Å²) < 4.78 is 0. The lowest BCUT2D eigenvalue weighted by Crippen LogP contribution is -2.34. The van der Waals surface area contributed by atoms with Crippen LogP contribution in [0.5, 0.6) is 0 Å². The van der Waals surface area contributed by atoms with E-state index >= 15 is 0 Å². The van der Waals surface area contributed by atoms with Gasteiger partial charge in [0.05, 0.1) is 10.6 Å². The van der Waals surface area contributed by atoms with Crippen LogP contribution >= 0.6 is 23.8 Å². The highest BCUT2D eigenvalue weighted by Crippen LogP contribution is 2.17. The van der Waals surface area contributed by atoms with Crippen molar-refractivity contribution in [3.05, 3.63) is 34.3 Å². The lowest BCUT2D eigenvalue weighted by atomic mass is 10.1. The van der Waals surface area contributed by atoms with Crippen LogP contribution in [0.15, 0.2) is 18.2 Å². The molecule has 0 aliphatic rings. The third-order valence-electron chi connectivity index (χ3n) is 1.61. The van der Waals surface area contributed by atoms with Crippen LogP contribution < -0.4 is 11.1 Å². The van der Waals surface area contributed by atoms with E-state index in [1.807, 2.05) is 6.92 Å². The predicted molar refractivity (Wildman–Crippen MR) is 60.4 cm³/mol. The van der Waals surface area contributed by atoms with Gasteiger partial charge in [0.2, 0.25) is 0 Å². The van der Waals surface area contributed by atoms with E-state index < -0.39 is 0 Å². The molecule has 0 unspecified atom stereocenters. The standard InChI is InChI=1S/C9H9ClN2OS/c1-5-2-3-6(7(10)4-5)8(13)12-9(11)14/h2-4H,1H3,(H3,11,12,13,14). The Bertz CT molecular complexity index is 392. The second kappa shape index (κ2) is 4.39. The maximum Gasteiger partial charge on any atom is 0.258 e. The first kappa shape index (κ1) is 10.9. The van der Waals surface area contributed by atoms with Crippen molar-refractivity contribution in [3.63, 3.8) is 0 Å². The molecule has 1 rings (SSSR count). The number of thiocarbonyl (C=S) groups is 1. The van der Waals surface area contributed by atoms with Crippen LogP contribution in [-0.2, 0) is 0 Å². The molecule has 3 nitrogen and oxygen atoms in total. The molecule has 0 aliphatic carbocycles. The zero-order valence-corrected chi connectivity index (χ0v) is 9.08. The Morgan fingerprint density at radius 1 is 1.57 bits per heavy atom. The molecule has 1 aromatic rings. The molecule has 74 valence electrons. The van der Waals surface area contributed by atoms with Gasteiger partial charge in [-0.1, -0.05) is 17.7 Å². The molecule has 0 radical (unpaired) electrons.